The molecule has 1 aromatic heterocycles. The molecule has 0 bridgehead atoms. The van der Waals surface area contributed by atoms with Gasteiger partial charge in [0.25, 0.3) is 0 Å². The number of amides is 1. The third kappa shape index (κ3) is 4.27. The third-order valence-corrected chi connectivity index (χ3v) is 6.97. The fourth-order valence-electron chi connectivity index (χ4n) is 4.97. The number of aromatic nitrogens is 2. The van der Waals surface area contributed by atoms with Gasteiger partial charge in [0.2, 0.25) is 17.7 Å². The van der Waals surface area contributed by atoms with Crippen LogP contribution in [0.1, 0.15) is 19.4 Å². The molecule has 1 saturated heterocycles. The van der Waals surface area contributed by atoms with E-state index in [1.165, 1.54) is 4.70 Å². The fourth-order valence-corrected chi connectivity index (χ4v) is 4.97. The molecule has 3 heterocycles. The SMILES string of the molecule is C=N/C(=C\C=C(/C)n1nc(-c2cccc3c2=C(F)[N+](C)=[N+]=3)c2cccc(C)c21)N1CCN(C(C)=O)CC1. The van der Waals surface area contributed by atoms with Gasteiger partial charge in [0, 0.05) is 55.8 Å². The van der Waals surface area contributed by atoms with Crippen molar-refractivity contribution in [3.63, 3.8) is 0 Å². The highest BCUT2D eigenvalue weighted by molar-refractivity contribution is 5.96. The van der Waals surface area contributed by atoms with Gasteiger partial charge in [-0.25, -0.2) is 9.67 Å². The Balaban J connectivity index is 1.58. The van der Waals surface area contributed by atoms with Crippen LogP contribution in [0.15, 0.2) is 59.4 Å². The van der Waals surface area contributed by atoms with E-state index in [1.54, 1.807) is 14.0 Å². The minimum absolute atomic E-state index is 0.0890. The van der Waals surface area contributed by atoms with E-state index in [9.17, 15) is 4.79 Å². The second-order valence-corrected chi connectivity index (χ2v) is 9.33. The molecule has 3 aromatic rings. The van der Waals surface area contributed by atoms with Crippen molar-refractivity contribution in [2.45, 2.75) is 20.8 Å². The predicted molar refractivity (Wildman–Crippen MR) is 141 cm³/mol. The summed E-state index contributed by atoms with van der Waals surface area (Å²) in [5, 5.41) is 6.97. The average molecular weight is 500 g/mol. The third-order valence-electron chi connectivity index (χ3n) is 6.97. The first kappa shape index (κ1) is 24.3. The molecule has 2 aliphatic heterocycles. The van der Waals surface area contributed by atoms with Crippen LogP contribution < -0.4 is 10.6 Å². The molecule has 1 amide bonds. The molecule has 37 heavy (non-hydrogen) atoms. The number of aliphatic imine (C=N–C) groups is 1. The van der Waals surface area contributed by atoms with E-state index < -0.39 is 0 Å². The number of hydrogen-bond acceptors (Lipinski definition) is 4. The smallest absolute Gasteiger partial charge is 0.353 e. The molecule has 8 nitrogen and oxygen atoms in total. The first-order chi connectivity index (χ1) is 17.8. The standard InChI is InChI=1S/C28H30FN7O/c1-18-8-6-10-22-26(21-9-7-11-23-25(21)28(29)33(5)31-23)32-36(27(18)22)19(2)12-13-24(30-4)35-16-14-34(15-17-35)20(3)37/h6-13H,4,14-17H2,1-3,5H3/q+2. The number of hydrogen-bond donors (Lipinski definition) is 0. The van der Waals surface area contributed by atoms with Gasteiger partial charge >= 0.3 is 11.3 Å². The van der Waals surface area contributed by atoms with Crippen molar-refractivity contribution >= 4 is 35.2 Å². The number of piperazine rings is 1. The summed E-state index contributed by atoms with van der Waals surface area (Å²) in [6, 6.07) is 11.6. The Morgan fingerprint density at radius 1 is 1.11 bits per heavy atom. The van der Waals surface area contributed by atoms with Crippen LogP contribution >= 0.6 is 0 Å². The molecule has 0 saturated carbocycles. The van der Waals surface area contributed by atoms with E-state index in [1.807, 2.05) is 72.0 Å². The van der Waals surface area contributed by atoms with Gasteiger partial charge in [0.15, 0.2) is 9.92 Å². The first-order valence-corrected chi connectivity index (χ1v) is 12.3. The van der Waals surface area contributed by atoms with Gasteiger partial charge in [-0.15, -0.1) is 4.39 Å². The van der Waals surface area contributed by atoms with Gasteiger partial charge in [-0.05, 0) is 38.3 Å². The van der Waals surface area contributed by atoms with E-state index >= 15 is 4.39 Å². The number of halogens is 1. The fraction of sp³-hybridized carbons (Fsp3) is 0.286. The molecule has 0 aliphatic carbocycles. The number of rotatable bonds is 5. The molecule has 0 spiro atoms. The molecule has 1 fully saturated rings. The zero-order chi connectivity index (χ0) is 26.3. The Hall–Kier alpha value is -4.36. The average Bonchev–Trinajstić information content (AvgIpc) is 3.43. The number of benzene rings is 2. The largest absolute Gasteiger partial charge is 0.452 e. The van der Waals surface area contributed by atoms with Crippen LogP contribution in [0.2, 0.25) is 0 Å². The van der Waals surface area contributed by atoms with Crippen molar-refractivity contribution in [2.75, 3.05) is 33.2 Å². The van der Waals surface area contributed by atoms with Crippen molar-refractivity contribution in [2.24, 2.45) is 4.99 Å². The molecular formula is C28H30FN7O+2. The quantitative estimate of drug-likeness (QED) is 0.178. The van der Waals surface area contributed by atoms with Crippen LogP contribution in [-0.4, -0.2) is 74.9 Å². The lowest BCUT2D eigenvalue weighted by atomic mass is 10.0. The van der Waals surface area contributed by atoms with Crippen LogP contribution in [0.3, 0.4) is 0 Å². The van der Waals surface area contributed by atoms with Crippen LogP contribution in [0.5, 0.6) is 0 Å². The summed E-state index contributed by atoms with van der Waals surface area (Å²) in [6.07, 6.45) is 3.90. The van der Waals surface area contributed by atoms with Crippen molar-refractivity contribution < 1.29 is 18.7 Å². The Kier molecular flexibility index (Phi) is 6.31. The molecular weight excluding hydrogens is 469 g/mol. The Bertz CT molecular complexity index is 1670. The summed E-state index contributed by atoms with van der Waals surface area (Å²) in [5.41, 5.74) is 4.32. The Morgan fingerprint density at radius 3 is 2.51 bits per heavy atom. The lowest BCUT2D eigenvalue weighted by Gasteiger charge is -2.35. The normalized spacial score (nSPS) is 16.1. The molecule has 2 aromatic carbocycles. The van der Waals surface area contributed by atoms with E-state index in [0.717, 1.165) is 28.0 Å². The maximum Gasteiger partial charge on any atom is 0.452 e. The molecule has 0 N–H and O–H groups in total. The molecule has 0 atom stereocenters. The summed E-state index contributed by atoms with van der Waals surface area (Å²) >= 11 is 0. The van der Waals surface area contributed by atoms with E-state index in [-0.39, 0.29) is 11.9 Å². The number of para-hydroxylation sites is 1. The monoisotopic (exact) mass is 499 g/mol. The lowest BCUT2D eigenvalue weighted by molar-refractivity contribution is -0.787. The number of carbonyl (C=O) groups excluding carboxylic acids is 1. The summed E-state index contributed by atoms with van der Waals surface area (Å²) in [4.78, 5) is 24.2. The van der Waals surface area contributed by atoms with E-state index in [0.29, 0.717) is 48.0 Å². The van der Waals surface area contributed by atoms with Crippen LogP contribution in [0.4, 0.5) is 4.39 Å². The summed E-state index contributed by atoms with van der Waals surface area (Å²) in [5.74, 6) is 0.451. The van der Waals surface area contributed by atoms with Gasteiger partial charge in [-0.1, -0.05) is 30.3 Å². The number of allylic oxidation sites excluding steroid dienone is 3. The second-order valence-electron chi connectivity index (χ2n) is 9.33. The van der Waals surface area contributed by atoms with Crippen LogP contribution in [0.25, 0.3) is 33.8 Å². The van der Waals surface area contributed by atoms with E-state index in [4.69, 9.17) is 5.10 Å². The van der Waals surface area contributed by atoms with E-state index in [2.05, 4.69) is 21.4 Å². The van der Waals surface area contributed by atoms with Crippen LogP contribution in [-0.2, 0) is 4.79 Å². The molecule has 9 heteroatoms. The van der Waals surface area contributed by atoms with Gasteiger partial charge in [0.05, 0.1) is 5.52 Å². The minimum atomic E-state index is -0.386. The maximum atomic E-state index is 15.0. The maximum absolute atomic E-state index is 15.0. The second kappa shape index (κ2) is 9.59. The summed E-state index contributed by atoms with van der Waals surface area (Å²) in [6.45, 7) is 12.1. The van der Waals surface area contributed by atoms with Gasteiger partial charge < -0.3 is 9.80 Å². The number of nitrogens with zero attached hydrogens (tertiary/aromatic N) is 7. The minimum Gasteiger partial charge on any atom is -0.353 e. The zero-order valence-corrected chi connectivity index (χ0v) is 21.6. The molecule has 5 rings (SSSR count). The van der Waals surface area contributed by atoms with Crippen molar-refractivity contribution in [1.82, 2.24) is 19.6 Å². The van der Waals surface area contributed by atoms with Crippen molar-refractivity contribution in [1.29, 1.82) is 0 Å². The summed E-state index contributed by atoms with van der Waals surface area (Å²) < 4.78 is 18.2. The van der Waals surface area contributed by atoms with Crippen molar-refractivity contribution in [3.05, 3.63) is 70.5 Å². The topological polar surface area (TPSA) is 70.8 Å². The highest BCUT2D eigenvalue weighted by atomic mass is 19.1. The van der Waals surface area contributed by atoms with Crippen LogP contribution in [0, 0.1) is 6.92 Å². The predicted octanol–water partition coefficient (Wildman–Crippen LogP) is 2.55. The Morgan fingerprint density at radius 2 is 1.81 bits per heavy atom. The molecule has 0 unspecified atom stereocenters. The molecule has 2 aliphatic rings. The summed E-state index contributed by atoms with van der Waals surface area (Å²) in [7, 11) is 1.60. The number of fused-ring (bicyclic) bond motifs is 2. The zero-order valence-electron chi connectivity index (χ0n) is 21.6. The van der Waals surface area contributed by atoms with Crippen molar-refractivity contribution in [3.8, 4) is 11.3 Å². The number of aryl methyl sites for hydroxylation is 1. The molecule has 188 valence electrons. The van der Waals surface area contributed by atoms with Gasteiger partial charge in [0.1, 0.15) is 11.5 Å². The Labute approximate surface area is 214 Å². The van der Waals surface area contributed by atoms with Gasteiger partial charge in [-0.2, -0.15) is 5.10 Å². The van der Waals surface area contributed by atoms with Gasteiger partial charge in [-0.3, -0.25) is 4.79 Å². The highest BCUT2D eigenvalue weighted by Gasteiger charge is 2.31. The lowest BCUT2D eigenvalue weighted by Crippen LogP contribution is -2.47. The first-order valence-electron chi connectivity index (χ1n) is 12.3. The number of carbonyl (C=O) groups is 1. The highest BCUT2D eigenvalue weighted by Crippen LogP contribution is 2.30. The molecule has 0 radical (unpaired) electrons.